The average Bonchev–Trinajstić information content (AvgIpc) is 2.25. The number of rotatable bonds is 5. The fourth-order valence-electron chi connectivity index (χ4n) is 0.755. The second kappa shape index (κ2) is 9.46. The molecule has 0 aliphatic rings. The summed E-state index contributed by atoms with van der Waals surface area (Å²) in [5.41, 5.74) is 10.6. The number of hydrogen-bond donors (Lipinski definition) is 2. The summed E-state index contributed by atoms with van der Waals surface area (Å²) in [4.78, 5) is 0. The molecule has 0 aromatic carbocycles. The lowest BCUT2D eigenvalue weighted by molar-refractivity contribution is -0.303. The third-order valence-corrected chi connectivity index (χ3v) is 1.44. The van der Waals surface area contributed by atoms with Crippen molar-refractivity contribution in [2.75, 3.05) is 0 Å². The second-order valence-electron chi connectivity index (χ2n) is 3.74. The Labute approximate surface area is 121 Å². The number of allylic oxidation sites excluding steroid dienone is 5. The van der Waals surface area contributed by atoms with Gasteiger partial charge in [-0.1, -0.05) is 31.9 Å². The molecule has 4 N–H and O–H groups in total. The molecule has 0 aromatic heterocycles. The van der Waals surface area contributed by atoms with E-state index in [2.05, 4.69) is 31.1 Å². The van der Waals surface area contributed by atoms with E-state index in [1.54, 1.807) is 6.92 Å². The zero-order valence-corrected chi connectivity index (χ0v) is 11.6. The molecule has 0 radical (unpaired) electrons. The molecule has 0 aliphatic heterocycles. The Balaban J connectivity index is 0. The van der Waals surface area contributed by atoms with Crippen LogP contribution in [0.5, 0.6) is 0 Å². The summed E-state index contributed by atoms with van der Waals surface area (Å²) in [6.07, 6.45) is -1.66. The topological polar surface area (TPSA) is 61.3 Å². The molecule has 0 unspecified atom stereocenters. The third-order valence-electron chi connectivity index (χ3n) is 1.44. The number of nitrogens with two attached hydrogens (primary N) is 2. The van der Waals surface area contributed by atoms with Gasteiger partial charge in [-0.3, -0.25) is 0 Å². The van der Waals surface area contributed by atoms with Gasteiger partial charge in [0.15, 0.2) is 0 Å². The van der Waals surface area contributed by atoms with E-state index in [9.17, 15) is 17.6 Å². The molecular weight excluding hydrogens is 288 g/mol. The van der Waals surface area contributed by atoms with Crippen molar-refractivity contribution in [3.05, 3.63) is 73.1 Å². The highest BCUT2D eigenvalue weighted by Crippen LogP contribution is 2.21. The molecule has 0 fully saturated rings. The summed E-state index contributed by atoms with van der Waals surface area (Å²) >= 11 is 0. The van der Waals surface area contributed by atoms with Gasteiger partial charge in [0.2, 0.25) is 0 Å². The molecule has 0 amide bonds. The van der Waals surface area contributed by atoms with Crippen LogP contribution in [0.1, 0.15) is 6.92 Å². The quantitative estimate of drug-likeness (QED) is 0.459. The first-order valence-electron chi connectivity index (χ1n) is 5.40. The van der Waals surface area contributed by atoms with Crippen molar-refractivity contribution in [2.45, 2.75) is 13.3 Å². The van der Waals surface area contributed by atoms with Gasteiger partial charge in [0.1, 0.15) is 11.6 Å². The fourth-order valence-corrected chi connectivity index (χ4v) is 0.755. The van der Waals surface area contributed by atoms with Crippen LogP contribution in [0.4, 0.5) is 17.6 Å². The molecule has 0 rings (SSSR count). The summed E-state index contributed by atoms with van der Waals surface area (Å²) in [5, 5.41) is 0. The lowest BCUT2D eigenvalue weighted by Crippen LogP contribution is -2.12. The van der Waals surface area contributed by atoms with Gasteiger partial charge in [0, 0.05) is 11.8 Å². The Morgan fingerprint density at radius 3 is 1.76 bits per heavy atom. The normalized spacial score (nSPS) is 11.9. The van der Waals surface area contributed by atoms with Crippen LogP contribution in [0.25, 0.3) is 0 Å². The maximum absolute atomic E-state index is 12.4. The first-order valence-corrected chi connectivity index (χ1v) is 5.40. The van der Waals surface area contributed by atoms with Crippen LogP contribution in [-0.4, -0.2) is 6.36 Å². The van der Waals surface area contributed by atoms with Crippen molar-refractivity contribution >= 4 is 0 Å². The van der Waals surface area contributed by atoms with Crippen molar-refractivity contribution in [3.63, 3.8) is 0 Å². The summed E-state index contributed by atoms with van der Waals surface area (Å²) < 4.78 is 50.5. The lowest BCUT2D eigenvalue weighted by atomic mass is 10.3. The lowest BCUT2D eigenvalue weighted by Gasteiger charge is -2.08. The molecular formula is C14H18F4N2O. The zero-order chi connectivity index (χ0) is 17.2. The molecule has 0 heterocycles. The Kier molecular flexibility index (Phi) is 9.40. The van der Waals surface area contributed by atoms with Gasteiger partial charge in [0.25, 0.3) is 0 Å². The smallest absolute Gasteiger partial charge is 0.406 e. The molecule has 7 heteroatoms. The van der Waals surface area contributed by atoms with Crippen LogP contribution in [0.2, 0.25) is 0 Å². The van der Waals surface area contributed by atoms with E-state index in [1.807, 2.05) is 0 Å². The molecule has 0 bridgehead atoms. The predicted octanol–water partition coefficient (Wildman–Crippen LogP) is 3.95. The first kappa shape index (κ1) is 20.9. The second-order valence-corrected chi connectivity index (χ2v) is 3.74. The first-order chi connectivity index (χ1) is 9.38. The molecule has 0 aromatic rings. The van der Waals surface area contributed by atoms with E-state index in [0.29, 0.717) is 5.57 Å². The minimum atomic E-state index is -4.73. The predicted molar refractivity (Wildman–Crippen MR) is 76.1 cm³/mol. The Bertz CT molecular complexity index is 474. The average molecular weight is 306 g/mol. The number of ether oxygens (including phenoxy) is 1. The van der Waals surface area contributed by atoms with Gasteiger partial charge >= 0.3 is 6.36 Å². The van der Waals surface area contributed by atoms with Gasteiger partial charge < -0.3 is 16.2 Å². The zero-order valence-electron chi connectivity index (χ0n) is 11.6. The van der Waals surface area contributed by atoms with Gasteiger partial charge in [-0.2, -0.15) is 0 Å². The standard InChI is InChI=1S/C7H8F3NO.C7H10FN/c1-3-6(4-5(2)11)12-7(8,9)10;1-5(2)4-7(8)6(3)9/h3-4H,1-2,11H2;4H,1,3,9H2,2H3/b6-4+;7-4+. The highest BCUT2D eigenvalue weighted by Gasteiger charge is 2.31. The van der Waals surface area contributed by atoms with Crippen LogP contribution in [0.3, 0.4) is 0 Å². The summed E-state index contributed by atoms with van der Waals surface area (Å²) in [5.74, 6) is -0.988. The largest absolute Gasteiger partial charge is 0.573 e. The minimum absolute atomic E-state index is 0.0332. The van der Waals surface area contributed by atoms with E-state index in [-0.39, 0.29) is 11.4 Å². The van der Waals surface area contributed by atoms with Crippen LogP contribution >= 0.6 is 0 Å². The maximum Gasteiger partial charge on any atom is 0.573 e. The van der Waals surface area contributed by atoms with Crippen molar-refractivity contribution in [1.29, 1.82) is 0 Å². The fraction of sp³-hybridized carbons (Fsp3) is 0.143. The number of halogens is 4. The Hall–Kier alpha value is -2.44. The summed E-state index contributed by atoms with van der Waals surface area (Å²) in [6, 6.07) is 0. The van der Waals surface area contributed by atoms with E-state index in [0.717, 1.165) is 12.2 Å². The molecule has 0 atom stereocenters. The van der Waals surface area contributed by atoms with E-state index in [4.69, 9.17) is 11.5 Å². The third kappa shape index (κ3) is 15.5. The molecule has 118 valence electrons. The minimum Gasteiger partial charge on any atom is -0.406 e. The highest BCUT2D eigenvalue weighted by molar-refractivity contribution is 5.26. The molecule has 0 spiro atoms. The molecule has 0 aliphatic carbocycles. The van der Waals surface area contributed by atoms with E-state index < -0.39 is 17.9 Å². The number of alkyl halides is 3. The van der Waals surface area contributed by atoms with Gasteiger partial charge in [-0.25, -0.2) is 4.39 Å². The summed E-state index contributed by atoms with van der Waals surface area (Å²) in [7, 11) is 0. The van der Waals surface area contributed by atoms with Crippen molar-refractivity contribution < 1.29 is 22.3 Å². The Morgan fingerprint density at radius 2 is 1.57 bits per heavy atom. The summed E-state index contributed by atoms with van der Waals surface area (Å²) in [6.45, 7) is 14.6. The van der Waals surface area contributed by atoms with E-state index >= 15 is 0 Å². The maximum atomic E-state index is 12.4. The van der Waals surface area contributed by atoms with Crippen molar-refractivity contribution in [2.24, 2.45) is 11.5 Å². The highest BCUT2D eigenvalue weighted by atomic mass is 19.4. The van der Waals surface area contributed by atoms with Crippen molar-refractivity contribution in [3.8, 4) is 0 Å². The van der Waals surface area contributed by atoms with Crippen LogP contribution in [-0.2, 0) is 4.74 Å². The van der Waals surface area contributed by atoms with E-state index in [1.165, 1.54) is 6.08 Å². The van der Waals surface area contributed by atoms with Crippen LogP contribution in [0, 0.1) is 0 Å². The molecule has 0 saturated heterocycles. The molecule has 0 saturated carbocycles. The van der Waals surface area contributed by atoms with Crippen LogP contribution < -0.4 is 11.5 Å². The Morgan fingerprint density at radius 1 is 1.10 bits per heavy atom. The van der Waals surface area contributed by atoms with Gasteiger partial charge in [-0.15, -0.1) is 13.2 Å². The van der Waals surface area contributed by atoms with Gasteiger partial charge in [0.05, 0.1) is 5.70 Å². The van der Waals surface area contributed by atoms with Gasteiger partial charge in [-0.05, 0) is 19.1 Å². The van der Waals surface area contributed by atoms with Crippen LogP contribution in [0.15, 0.2) is 73.1 Å². The number of hydrogen-bond acceptors (Lipinski definition) is 3. The molecule has 21 heavy (non-hydrogen) atoms. The van der Waals surface area contributed by atoms with Crippen molar-refractivity contribution in [1.82, 2.24) is 0 Å². The SMILES string of the molecule is C=C(C)/C=C(/F)C(=C)N.C=C/C(=C\C(=C)N)OC(F)(F)F. The monoisotopic (exact) mass is 306 g/mol. The molecule has 3 nitrogen and oxygen atoms in total.